The van der Waals surface area contributed by atoms with Crippen LogP contribution in [0.5, 0.6) is 5.75 Å². The third-order valence-electron chi connectivity index (χ3n) is 8.22. The predicted octanol–water partition coefficient (Wildman–Crippen LogP) is 3.91. The zero-order chi connectivity index (χ0) is 26.7. The molecule has 0 aromatic heterocycles. The Kier molecular flexibility index (Phi) is 11.5. The first-order valence-corrected chi connectivity index (χ1v) is 14.7. The molecule has 0 spiro atoms. The van der Waals surface area contributed by atoms with Crippen LogP contribution in [0.25, 0.3) is 0 Å². The molecule has 8 heteroatoms. The summed E-state index contributed by atoms with van der Waals surface area (Å²) in [6.07, 6.45) is 6.90. The Morgan fingerprint density at radius 3 is 2.76 bits per heavy atom. The van der Waals surface area contributed by atoms with Gasteiger partial charge >= 0.3 is 0 Å². The van der Waals surface area contributed by atoms with Crippen LogP contribution in [0.1, 0.15) is 64.4 Å². The van der Waals surface area contributed by atoms with Crippen molar-refractivity contribution in [1.82, 2.24) is 10.6 Å². The van der Waals surface area contributed by atoms with Crippen LogP contribution in [0.15, 0.2) is 18.2 Å². The molecule has 1 aromatic carbocycles. The summed E-state index contributed by atoms with van der Waals surface area (Å²) in [6.45, 7) is 10.8. The minimum atomic E-state index is 0.195. The summed E-state index contributed by atoms with van der Waals surface area (Å²) < 4.78 is 22.9. The quantitative estimate of drug-likeness (QED) is 0.374. The second kappa shape index (κ2) is 15.1. The molecule has 0 aliphatic carbocycles. The summed E-state index contributed by atoms with van der Waals surface area (Å²) in [7, 11) is 1.75. The third-order valence-corrected chi connectivity index (χ3v) is 8.22. The van der Waals surface area contributed by atoms with Crippen LogP contribution in [0.3, 0.4) is 0 Å². The first kappa shape index (κ1) is 29.1. The van der Waals surface area contributed by atoms with Crippen LogP contribution in [0.2, 0.25) is 0 Å². The summed E-state index contributed by atoms with van der Waals surface area (Å²) in [5.74, 6) is 2.02. The van der Waals surface area contributed by atoms with Gasteiger partial charge in [-0.1, -0.05) is 19.9 Å². The molecule has 2 fully saturated rings. The van der Waals surface area contributed by atoms with E-state index in [1.807, 2.05) is 0 Å². The molecule has 38 heavy (non-hydrogen) atoms. The zero-order valence-electron chi connectivity index (χ0n) is 23.7. The van der Waals surface area contributed by atoms with Crippen molar-refractivity contribution in [3.05, 3.63) is 23.8 Å². The predicted molar refractivity (Wildman–Crippen MR) is 150 cm³/mol. The van der Waals surface area contributed by atoms with Gasteiger partial charge < -0.3 is 34.5 Å². The molecule has 0 bridgehead atoms. The van der Waals surface area contributed by atoms with E-state index in [9.17, 15) is 4.79 Å². The van der Waals surface area contributed by atoms with E-state index in [0.29, 0.717) is 30.9 Å². The number of nitrogens with zero attached hydrogens (tertiary/aromatic N) is 1. The monoisotopic (exact) mass is 531 g/mol. The fourth-order valence-corrected chi connectivity index (χ4v) is 5.77. The van der Waals surface area contributed by atoms with E-state index >= 15 is 0 Å². The molecule has 3 atom stereocenters. The standard InChI is InChI=1S/C30H49N3O5/c1-22(2)27(32-30(34)18-23-9-14-36-15-10-23)19-25-6-7-26(20-31-25)38-21-24-5-8-29-28(17-24)33(12-16-37-29)11-4-13-35-3/h5,8,17,22-23,25-27,31H,4,6-7,9-16,18-21H2,1-3H3,(H,32,34)/t25-,26+,27+/m0/s1. The molecular formula is C30H49N3O5. The summed E-state index contributed by atoms with van der Waals surface area (Å²) >= 11 is 0. The number of benzene rings is 1. The van der Waals surface area contributed by atoms with Crippen molar-refractivity contribution in [2.75, 3.05) is 58.1 Å². The van der Waals surface area contributed by atoms with E-state index < -0.39 is 0 Å². The number of piperidine rings is 1. The molecule has 3 heterocycles. The van der Waals surface area contributed by atoms with Crippen LogP contribution < -0.4 is 20.3 Å². The van der Waals surface area contributed by atoms with Gasteiger partial charge in [0.05, 0.1) is 24.9 Å². The second-order valence-corrected chi connectivity index (χ2v) is 11.5. The van der Waals surface area contributed by atoms with Crippen molar-refractivity contribution in [2.45, 2.75) is 83.6 Å². The van der Waals surface area contributed by atoms with E-state index in [1.165, 1.54) is 5.56 Å². The van der Waals surface area contributed by atoms with Gasteiger partial charge in [-0.3, -0.25) is 4.79 Å². The van der Waals surface area contributed by atoms with E-state index in [2.05, 4.69) is 47.6 Å². The topological polar surface area (TPSA) is 81.3 Å². The Morgan fingerprint density at radius 2 is 2.03 bits per heavy atom. The molecule has 1 aromatic rings. The number of nitrogens with one attached hydrogen (secondary N) is 2. The lowest BCUT2D eigenvalue weighted by atomic mass is 9.90. The molecule has 1 amide bonds. The van der Waals surface area contributed by atoms with Crippen molar-refractivity contribution in [3.8, 4) is 5.75 Å². The lowest BCUT2D eigenvalue weighted by Crippen LogP contribution is -2.48. The molecule has 0 saturated carbocycles. The van der Waals surface area contributed by atoms with E-state index in [1.54, 1.807) is 7.11 Å². The van der Waals surface area contributed by atoms with Crippen molar-refractivity contribution in [1.29, 1.82) is 0 Å². The number of fused-ring (bicyclic) bond motifs is 1. The molecule has 4 rings (SSSR count). The normalized spacial score (nSPS) is 23.1. The van der Waals surface area contributed by atoms with Gasteiger partial charge in [-0.15, -0.1) is 0 Å². The van der Waals surface area contributed by atoms with Crippen molar-refractivity contribution >= 4 is 11.6 Å². The average molecular weight is 532 g/mol. The van der Waals surface area contributed by atoms with E-state index in [4.69, 9.17) is 18.9 Å². The molecule has 0 radical (unpaired) electrons. The fourth-order valence-electron chi connectivity index (χ4n) is 5.77. The Balaban J connectivity index is 1.20. The molecule has 2 N–H and O–H groups in total. The maximum absolute atomic E-state index is 12.7. The molecular weight excluding hydrogens is 482 g/mol. The van der Waals surface area contributed by atoms with Gasteiger partial charge in [0.15, 0.2) is 0 Å². The van der Waals surface area contributed by atoms with Crippen molar-refractivity contribution in [2.24, 2.45) is 11.8 Å². The number of methoxy groups -OCH3 is 1. The molecule has 3 aliphatic rings. The van der Waals surface area contributed by atoms with Gasteiger partial charge in [-0.25, -0.2) is 0 Å². The van der Waals surface area contributed by atoms with E-state index in [0.717, 1.165) is 96.0 Å². The first-order valence-electron chi connectivity index (χ1n) is 14.7. The summed E-state index contributed by atoms with van der Waals surface area (Å²) in [5, 5.41) is 7.04. The lowest BCUT2D eigenvalue weighted by Gasteiger charge is -2.34. The number of carbonyl (C=O) groups excluding carboxylic acids is 1. The summed E-state index contributed by atoms with van der Waals surface area (Å²) in [4.78, 5) is 15.1. The number of anilines is 1. The molecule has 8 nitrogen and oxygen atoms in total. The highest BCUT2D eigenvalue weighted by molar-refractivity contribution is 5.76. The van der Waals surface area contributed by atoms with Crippen LogP contribution >= 0.6 is 0 Å². The highest BCUT2D eigenvalue weighted by Crippen LogP contribution is 2.33. The zero-order valence-corrected chi connectivity index (χ0v) is 23.7. The molecule has 2 saturated heterocycles. The number of ether oxygens (including phenoxy) is 4. The maximum atomic E-state index is 12.7. The highest BCUT2D eigenvalue weighted by atomic mass is 16.5. The third kappa shape index (κ3) is 8.83. The molecule has 3 aliphatic heterocycles. The minimum Gasteiger partial charge on any atom is -0.490 e. The van der Waals surface area contributed by atoms with Gasteiger partial charge in [0.1, 0.15) is 12.4 Å². The average Bonchev–Trinajstić information content (AvgIpc) is 2.93. The van der Waals surface area contributed by atoms with Crippen LogP contribution in [-0.4, -0.2) is 77.3 Å². The van der Waals surface area contributed by atoms with Gasteiger partial charge in [0.25, 0.3) is 0 Å². The summed E-state index contributed by atoms with van der Waals surface area (Å²) in [6, 6.07) is 7.02. The Bertz CT molecular complexity index is 852. The minimum absolute atomic E-state index is 0.195. The summed E-state index contributed by atoms with van der Waals surface area (Å²) in [5.41, 5.74) is 2.34. The Morgan fingerprint density at radius 1 is 1.18 bits per heavy atom. The fraction of sp³-hybridized carbons (Fsp3) is 0.767. The largest absolute Gasteiger partial charge is 0.490 e. The van der Waals surface area contributed by atoms with E-state index in [-0.39, 0.29) is 18.1 Å². The van der Waals surface area contributed by atoms with Gasteiger partial charge in [0.2, 0.25) is 5.91 Å². The van der Waals surface area contributed by atoms with Gasteiger partial charge in [-0.2, -0.15) is 0 Å². The van der Waals surface area contributed by atoms with Gasteiger partial charge in [-0.05, 0) is 68.1 Å². The van der Waals surface area contributed by atoms with Gasteiger partial charge in [0, 0.05) is 58.5 Å². The Labute approximate surface area is 229 Å². The number of hydrogen-bond acceptors (Lipinski definition) is 7. The number of carbonyl (C=O) groups is 1. The van der Waals surface area contributed by atoms with Crippen LogP contribution in [0, 0.1) is 11.8 Å². The molecule has 0 unspecified atom stereocenters. The first-order chi connectivity index (χ1) is 18.5. The second-order valence-electron chi connectivity index (χ2n) is 11.5. The maximum Gasteiger partial charge on any atom is 0.220 e. The molecule has 214 valence electrons. The van der Waals surface area contributed by atoms with Crippen molar-refractivity contribution in [3.63, 3.8) is 0 Å². The number of hydrogen-bond donors (Lipinski definition) is 2. The SMILES string of the molecule is COCCCN1CCOc2ccc(CO[C@@H]3CC[C@@H](C[C@@H](NC(=O)CC4CCOCC4)C(C)C)NC3)cc21. The number of amides is 1. The van der Waals surface area contributed by atoms with Crippen molar-refractivity contribution < 1.29 is 23.7 Å². The lowest BCUT2D eigenvalue weighted by molar-refractivity contribution is -0.123. The number of rotatable bonds is 13. The highest BCUT2D eigenvalue weighted by Gasteiger charge is 2.27. The van der Waals surface area contributed by atoms with Crippen LogP contribution in [0.4, 0.5) is 5.69 Å². The Hall–Kier alpha value is -1.87. The van der Waals surface area contributed by atoms with Crippen LogP contribution in [-0.2, 0) is 25.6 Å². The smallest absolute Gasteiger partial charge is 0.220 e.